The minimum Gasteiger partial charge on any atom is -0.493 e. The van der Waals surface area contributed by atoms with Gasteiger partial charge >= 0.3 is 0 Å². The van der Waals surface area contributed by atoms with E-state index in [1.54, 1.807) is 0 Å². The number of hydrogen-bond donors (Lipinski definition) is 3. The lowest BCUT2D eigenvalue weighted by Gasteiger charge is -2.00. The number of hydrogen-bond acceptors (Lipinski definition) is 6. The third-order valence-electron chi connectivity index (χ3n) is 5.13. The molecule has 9 heteroatoms. The van der Waals surface area contributed by atoms with E-state index in [9.17, 15) is 14.7 Å². The van der Waals surface area contributed by atoms with Crippen molar-refractivity contribution in [1.29, 1.82) is 0 Å². The van der Waals surface area contributed by atoms with Crippen LogP contribution in [0.5, 0.6) is 5.88 Å². The Balaban J connectivity index is 1.62. The second-order valence-electron chi connectivity index (χ2n) is 7.00. The van der Waals surface area contributed by atoms with Gasteiger partial charge in [-0.05, 0) is 44.4 Å². The van der Waals surface area contributed by atoms with E-state index >= 15 is 0 Å². The summed E-state index contributed by atoms with van der Waals surface area (Å²) in [6.07, 6.45) is -0.189. The van der Waals surface area contributed by atoms with Gasteiger partial charge in [0.05, 0.1) is 17.3 Å². The summed E-state index contributed by atoms with van der Waals surface area (Å²) in [6, 6.07) is 3.74. The van der Waals surface area contributed by atoms with E-state index in [4.69, 9.17) is 0 Å². The van der Waals surface area contributed by atoms with Crippen molar-refractivity contribution in [2.75, 3.05) is 0 Å². The molecule has 0 saturated heterocycles. The van der Waals surface area contributed by atoms with Gasteiger partial charge in [-0.2, -0.15) is 0 Å². The van der Waals surface area contributed by atoms with Gasteiger partial charge in [-0.25, -0.2) is 4.98 Å². The van der Waals surface area contributed by atoms with Crippen LogP contribution < -0.4 is 5.56 Å². The molecular formula is C20H19N5O3S. The molecule has 0 radical (unpaired) electrons. The smallest absolute Gasteiger partial charge is 0.272 e. The highest BCUT2D eigenvalue weighted by Gasteiger charge is 2.15. The zero-order valence-electron chi connectivity index (χ0n) is 16.4. The van der Waals surface area contributed by atoms with Crippen molar-refractivity contribution in [2.45, 2.75) is 34.1 Å². The molecule has 0 aliphatic rings. The maximum atomic E-state index is 12.3. The first-order chi connectivity index (χ1) is 13.8. The molecular weight excluding hydrogens is 390 g/mol. The third kappa shape index (κ3) is 3.23. The first kappa shape index (κ1) is 19.0. The number of rotatable bonds is 3. The monoisotopic (exact) mass is 409 g/mol. The lowest BCUT2D eigenvalue weighted by Crippen LogP contribution is -2.13. The van der Waals surface area contributed by atoms with Gasteiger partial charge in [-0.3, -0.25) is 9.59 Å². The average molecular weight is 409 g/mol. The molecule has 0 fully saturated rings. The van der Waals surface area contributed by atoms with Crippen molar-refractivity contribution in [3.63, 3.8) is 0 Å². The number of thiophene rings is 1. The number of carbonyl (C=O) groups excluding carboxylic acids is 1. The van der Waals surface area contributed by atoms with Crippen LogP contribution in [-0.2, 0) is 11.2 Å². The minimum absolute atomic E-state index is 0.150. The van der Waals surface area contributed by atoms with Crippen molar-refractivity contribution in [1.82, 2.24) is 15.0 Å². The number of aromatic amines is 2. The van der Waals surface area contributed by atoms with Crippen molar-refractivity contribution in [2.24, 2.45) is 10.2 Å². The van der Waals surface area contributed by atoms with Gasteiger partial charge < -0.3 is 15.1 Å². The van der Waals surface area contributed by atoms with E-state index in [0.717, 1.165) is 27.1 Å². The number of nitrogens with zero attached hydrogens (tertiary/aromatic N) is 3. The van der Waals surface area contributed by atoms with Gasteiger partial charge in [0.25, 0.3) is 11.5 Å². The van der Waals surface area contributed by atoms with Crippen LogP contribution in [0.1, 0.15) is 27.4 Å². The molecule has 0 aliphatic heterocycles. The Morgan fingerprint density at radius 1 is 1.17 bits per heavy atom. The number of aromatic hydroxyl groups is 1. The predicted octanol–water partition coefficient (Wildman–Crippen LogP) is 4.26. The van der Waals surface area contributed by atoms with Gasteiger partial charge in [-0.1, -0.05) is 12.1 Å². The van der Waals surface area contributed by atoms with Crippen LogP contribution in [-0.4, -0.2) is 26.0 Å². The highest BCUT2D eigenvalue weighted by molar-refractivity contribution is 7.18. The van der Waals surface area contributed by atoms with Crippen LogP contribution in [0.3, 0.4) is 0 Å². The van der Waals surface area contributed by atoms with E-state index < -0.39 is 5.91 Å². The third-order valence-corrected chi connectivity index (χ3v) is 6.23. The molecule has 4 aromatic rings. The molecule has 1 aromatic carbocycles. The van der Waals surface area contributed by atoms with E-state index in [-0.39, 0.29) is 29.4 Å². The summed E-state index contributed by atoms with van der Waals surface area (Å²) < 4.78 is 0. The standard InChI is InChI=1S/C20H19N5O3S/c1-8-5-6-12-16(9(8)2)23-19(28)17(12)25-24-14(26)7-13-21-18(27)15-10(3)11(4)29-20(15)22-13/h5-6,23,28H,7H2,1-4H3,(H,21,22,27). The van der Waals surface area contributed by atoms with Crippen molar-refractivity contribution in [3.05, 3.63) is 49.9 Å². The Morgan fingerprint density at radius 3 is 2.69 bits per heavy atom. The molecule has 0 saturated carbocycles. The largest absolute Gasteiger partial charge is 0.493 e. The van der Waals surface area contributed by atoms with E-state index in [1.165, 1.54) is 11.3 Å². The normalized spacial score (nSPS) is 11.9. The van der Waals surface area contributed by atoms with Crippen LogP contribution in [0.25, 0.3) is 21.1 Å². The summed E-state index contributed by atoms with van der Waals surface area (Å²) in [4.78, 5) is 36.1. The Morgan fingerprint density at radius 2 is 1.93 bits per heavy atom. The fourth-order valence-electron chi connectivity index (χ4n) is 3.25. The fraction of sp³-hybridized carbons (Fsp3) is 0.250. The first-order valence-electron chi connectivity index (χ1n) is 9.00. The van der Waals surface area contributed by atoms with Gasteiger partial charge in [-0.15, -0.1) is 21.6 Å². The van der Waals surface area contributed by atoms with E-state index in [0.29, 0.717) is 15.6 Å². The Labute approximate surface area is 169 Å². The van der Waals surface area contributed by atoms with E-state index in [1.807, 2.05) is 39.8 Å². The molecule has 0 aliphatic carbocycles. The molecule has 0 atom stereocenters. The number of nitrogens with one attached hydrogen (secondary N) is 2. The molecule has 4 rings (SSSR count). The average Bonchev–Trinajstić information content (AvgIpc) is 3.13. The first-order valence-corrected chi connectivity index (χ1v) is 9.82. The zero-order chi connectivity index (χ0) is 20.9. The molecule has 3 aromatic heterocycles. The Kier molecular flexibility index (Phi) is 4.54. The number of carbonyl (C=O) groups is 1. The van der Waals surface area contributed by atoms with Crippen LogP contribution in [0, 0.1) is 27.7 Å². The summed E-state index contributed by atoms with van der Waals surface area (Å²) in [7, 11) is 0. The second-order valence-corrected chi connectivity index (χ2v) is 8.20. The van der Waals surface area contributed by atoms with Crippen molar-refractivity contribution < 1.29 is 9.90 Å². The molecule has 29 heavy (non-hydrogen) atoms. The van der Waals surface area contributed by atoms with E-state index in [2.05, 4.69) is 25.2 Å². The van der Waals surface area contributed by atoms with Crippen LogP contribution in [0.2, 0.25) is 0 Å². The molecule has 1 amide bonds. The lowest BCUT2D eigenvalue weighted by atomic mass is 10.1. The molecule has 0 unspecified atom stereocenters. The Bertz CT molecular complexity index is 1380. The molecule has 0 spiro atoms. The SMILES string of the molecule is Cc1ccc2c(N=NC(=O)Cc3nc4sc(C)c(C)c4c(=O)[nH]3)c(O)[nH]c2c1C. The second kappa shape index (κ2) is 6.93. The Hall–Kier alpha value is -3.33. The van der Waals surface area contributed by atoms with Gasteiger partial charge in [0.2, 0.25) is 5.88 Å². The van der Waals surface area contributed by atoms with Crippen LogP contribution >= 0.6 is 11.3 Å². The quantitative estimate of drug-likeness (QED) is 0.437. The number of amides is 1. The highest BCUT2D eigenvalue weighted by Crippen LogP contribution is 2.37. The fourth-order valence-corrected chi connectivity index (χ4v) is 4.30. The predicted molar refractivity (Wildman–Crippen MR) is 112 cm³/mol. The molecule has 3 N–H and O–H groups in total. The molecule has 148 valence electrons. The van der Waals surface area contributed by atoms with Crippen molar-refractivity contribution >= 4 is 44.1 Å². The number of fused-ring (bicyclic) bond motifs is 2. The minimum atomic E-state index is -0.574. The van der Waals surface area contributed by atoms with Crippen LogP contribution in [0.15, 0.2) is 27.2 Å². The summed E-state index contributed by atoms with van der Waals surface area (Å²) in [5.41, 5.74) is 3.65. The summed E-state index contributed by atoms with van der Waals surface area (Å²) in [5.74, 6) is -0.486. The number of azo groups is 1. The number of aromatic nitrogens is 3. The zero-order valence-corrected chi connectivity index (χ0v) is 17.2. The maximum absolute atomic E-state index is 12.3. The topological polar surface area (TPSA) is 124 Å². The lowest BCUT2D eigenvalue weighted by molar-refractivity contribution is -0.117. The number of benzene rings is 1. The number of H-pyrrole nitrogens is 2. The summed E-state index contributed by atoms with van der Waals surface area (Å²) >= 11 is 1.42. The highest BCUT2D eigenvalue weighted by atomic mass is 32.1. The van der Waals surface area contributed by atoms with Crippen LogP contribution in [0.4, 0.5) is 5.69 Å². The molecule has 0 bridgehead atoms. The summed E-state index contributed by atoms with van der Waals surface area (Å²) in [6.45, 7) is 7.71. The summed E-state index contributed by atoms with van der Waals surface area (Å²) in [5, 5.41) is 19.0. The molecule has 8 nitrogen and oxygen atoms in total. The van der Waals surface area contributed by atoms with Gasteiger partial charge in [0.1, 0.15) is 10.7 Å². The maximum Gasteiger partial charge on any atom is 0.272 e. The molecule has 3 heterocycles. The van der Waals surface area contributed by atoms with Gasteiger partial charge in [0, 0.05) is 10.3 Å². The number of aryl methyl sites for hydroxylation is 4. The van der Waals surface area contributed by atoms with Crippen molar-refractivity contribution in [3.8, 4) is 5.88 Å². The van der Waals surface area contributed by atoms with Gasteiger partial charge in [0.15, 0.2) is 5.69 Å².